The van der Waals surface area contributed by atoms with Gasteiger partial charge in [-0.05, 0) is 37.5 Å². The Labute approximate surface area is 158 Å². The lowest BCUT2D eigenvalue weighted by atomic mass is 10.1. The number of benzene rings is 1. The van der Waals surface area contributed by atoms with E-state index in [1.807, 2.05) is 28.8 Å². The Bertz CT molecular complexity index is 968. The van der Waals surface area contributed by atoms with Crippen molar-refractivity contribution in [2.45, 2.75) is 19.3 Å². The lowest BCUT2D eigenvalue weighted by Gasteiger charge is -2.12. The quantitative estimate of drug-likeness (QED) is 0.647. The number of aryl methyl sites for hydroxylation is 1. The van der Waals surface area contributed by atoms with E-state index in [-0.39, 0.29) is 0 Å². The smallest absolute Gasteiger partial charge is 0.161 e. The fourth-order valence-corrected chi connectivity index (χ4v) is 3.58. The van der Waals surface area contributed by atoms with Gasteiger partial charge in [0, 0.05) is 36.5 Å². The highest BCUT2D eigenvalue weighted by Crippen LogP contribution is 2.34. The van der Waals surface area contributed by atoms with Crippen LogP contribution in [0.5, 0.6) is 11.5 Å². The van der Waals surface area contributed by atoms with Crippen LogP contribution in [-0.4, -0.2) is 49.1 Å². The fraction of sp³-hybridized carbons (Fsp3) is 0.400. The Hall–Kier alpha value is -2.80. The number of nitrogens with zero attached hydrogens (tertiary/aromatic N) is 3. The van der Waals surface area contributed by atoms with Crippen molar-refractivity contribution in [3.8, 4) is 22.8 Å². The van der Waals surface area contributed by atoms with E-state index in [1.54, 1.807) is 21.3 Å². The van der Waals surface area contributed by atoms with Crippen molar-refractivity contribution in [2.24, 2.45) is 0 Å². The third kappa shape index (κ3) is 3.19. The standard InChI is InChI=1S/C20H24N4O3/c1-25-10-9-21-20-14-5-4-6-15(14)22-19-12-16(23-24(19)20)13-7-8-17(26-2)18(11-13)27-3/h7-8,11-12,21H,4-6,9-10H2,1-3H3. The molecular weight excluding hydrogens is 344 g/mol. The van der Waals surface area contributed by atoms with Gasteiger partial charge in [-0.3, -0.25) is 0 Å². The number of rotatable bonds is 7. The zero-order valence-electron chi connectivity index (χ0n) is 15.9. The molecule has 0 saturated carbocycles. The van der Waals surface area contributed by atoms with Crippen molar-refractivity contribution in [1.29, 1.82) is 0 Å². The van der Waals surface area contributed by atoms with E-state index in [1.165, 1.54) is 11.3 Å². The van der Waals surface area contributed by atoms with Crippen LogP contribution in [0, 0.1) is 0 Å². The largest absolute Gasteiger partial charge is 0.493 e. The number of anilines is 1. The van der Waals surface area contributed by atoms with E-state index < -0.39 is 0 Å². The molecule has 0 fully saturated rings. The monoisotopic (exact) mass is 368 g/mol. The van der Waals surface area contributed by atoms with Crippen LogP contribution in [-0.2, 0) is 17.6 Å². The zero-order valence-corrected chi connectivity index (χ0v) is 15.9. The Kier molecular flexibility index (Phi) is 4.85. The van der Waals surface area contributed by atoms with Gasteiger partial charge in [0.1, 0.15) is 5.82 Å². The van der Waals surface area contributed by atoms with Crippen LogP contribution < -0.4 is 14.8 Å². The summed E-state index contributed by atoms with van der Waals surface area (Å²) in [6.45, 7) is 1.37. The summed E-state index contributed by atoms with van der Waals surface area (Å²) in [5.74, 6) is 2.40. The van der Waals surface area contributed by atoms with E-state index in [4.69, 9.17) is 24.3 Å². The van der Waals surface area contributed by atoms with Crippen LogP contribution in [0.15, 0.2) is 24.3 Å². The third-order valence-corrected chi connectivity index (χ3v) is 4.90. The van der Waals surface area contributed by atoms with E-state index in [0.29, 0.717) is 18.1 Å². The van der Waals surface area contributed by atoms with Crippen LogP contribution >= 0.6 is 0 Å². The van der Waals surface area contributed by atoms with Crippen molar-refractivity contribution in [2.75, 3.05) is 39.8 Å². The molecule has 1 aliphatic rings. The molecule has 0 amide bonds. The first-order chi connectivity index (χ1) is 13.2. The lowest BCUT2D eigenvalue weighted by molar-refractivity contribution is 0.210. The minimum absolute atomic E-state index is 0.641. The second kappa shape index (κ2) is 7.44. The molecule has 2 heterocycles. The number of aromatic nitrogens is 3. The Morgan fingerprint density at radius 2 is 1.93 bits per heavy atom. The molecule has 0 spiro atoms. The highest BCUT2D eigenvalue weighted by atomic mass is 16.5. The van der Waals surface area contributed by atoms with Gasteiger partial charge in [-0.1, -0.05) is 0 Å². The van der Waals surface area contributed by atoms with E-state index in [9.17, 15) is 0 Å². The zero-order chi connectivity index (χ0) is 18.8. The highest BCUT2D eigenvalue weighted by Gasteiger charge is 2.21. The molecule has 1 aliphatic carbocycles. The Morgan fingerprint density at radius 1 is 1.07 bits per heavy atom. The molecule has 0 saturated heterocycles. The van der Waals surface area contributed by atoms with Crippen LogP contribution in [0.25, 0.3) is 16.9 Å². The summed E-state index contributed by atoms with van der Waals surface area (Å²) >= 11 is 0. The first-order valence-electron chi connectivity index (χ1n) is 9.12. The van der Waals surface area contributed by atoms with Gasteiger partial charge in [-0.15, -0.1) is 0 Å². The number of fused-ring (bicyclic) bond motifs is 2. The lowest BCUT2D eigenvalue weighted by Crippen LogP contribution is -2.14. The molecule has 0 aliphatic heterocycles. The van der Waals surface area contributed by atoms with Gasteiger partial charge in [0.25, 0.3) is 0 Å². The summed E-state index contributed by atoms with van der Waals surface area (Å²) in [6.07, 6.45) is 3.18. The molecule has 0 atom stereocenters. The molecule has 0 bridgehead atoms. The second-order valence-electron chi connectivity index (χ2n) is 6.53. The van der Waals surface area contributed by atoms with Gasteiger partial charge in [-0.25, -0.2) is 4.98 Å². The maximum atomic E-state index is 5.42. The SMILES string of the molecule is COCCNc1c2c(nc3cc(-c4ccc(OC)c(OC)c4)nn13)CCC2. The number of ether oxygens (including phenoxy) is 3. The maximum Gasteiger partial charge on any atom is 0.161 e. The number of hydrogen-bond acceptors (Lipinski definition) is 6. The maximum absolute atomic E-state index is 5.42. The average molecular weight is 368 g/mol. The van der Waals surface area contributed by atoms with Crippen molar-refractivity contribution >= 4 is 11.5 Å². The topological polar surface area (TPSA) is 69.9 Å². The summed E-state index contributed by atoms with van der Waals surface area (Å²) in [5, 5.41) is 8.31. The molecule has 27 heavy (non-hydrogen) atoms. The molecule has 4 rings (SSSR count). The highest BCUT2D eigenvalue weighted by molar-refractivity contribution is 5.69. The Morgan fingerprint density at radius 3 is 2.70 bits per heavy atom. The molecular formula is C20H24N4O3. The molecule has 7 nitrogen and oxygen atoms in total. The molecule has 2 aromatic heterocycles. The van der Waals surface area contributed by atoms with Gasteiger partial charge in [0.15, 0.2) is 17.1 Å². The van der Waals surface area contributed by atoms with Crippen molar-refractivity contribution in [1.82, 2.24) is 14.6 Å². The summed E-state index contributed by atoms with van der Waals surface area (Å²) in [4.78, 5) is 4.84. The minimum Gasteiger partial charge on any atom is -0.493 e. The average Bonchev–Trinajstić information content (AvgIpc) is 3.33. The number of nitrogens with one attached hydrogen (secondary N) is 1. The van der Waals surface area contributed by atoms with Gasteiger partial charge in [-0.2, -0.15) is 9.61 Å². The van der Waals surface area contributed by atoms with Gasteiger partial charge < -0.3 is 19.5 Å². The summed E-state index contributed by atoms with van der Waals surface area (Å²) in [6, 6.07) is 7.83. The summed E-state index contributed by atoms with van der Waals surface area (Å²) < 4.78 is 17.8. The fourth-order valence-electron chi connectivity index (χ4n) is 3.58. The predicted molar refractivity (Wildman–Crippen MR) is 104 cm³/mol. The first-order valence-corrected chi connectivity index (χ1v) is 9.12. The van der Waals surface area contributed by atoms with Gasteiger partial charge in [0.05, 0.1) is 26.5 Å². The van der Waals surface area contributed by atoms with Crippen molar-refractivity contribution in [3.63, 3.8) is 0 Å². The normalized spacial score (nSPS) is 13.0. The van der Waals surface area contributed by atoms with Crippen LogP contribution in [0.3, 0.4) is 0 Å². The van der Waals surface area contributed by atoms with Crippen LogP contribution in [0.2, 0.25) is 0 Å². The number of hydrogen-bond donors (Lipinski definition) is 1. The van der Waals surface area contributed by atoms with Crippen LogP contribution in [0.1, 0.15) is 17.7 Å². The molecule has 3 aromatic rings. The van der Waals surface area contributed by atoms with E-state index in [2.05, 4.69) is 5.32 Å². The predicted octanol–water partition coefficient (Wildman–Crippen LogP) is 2.96. The summed E-state index contributed by atoms with van der Waals surface area (Å²) in [5.41, 5.74) is 5.09. The molecule has 7 heteroatoms. The molecule has 1 N–H and O–H groups in total. The van der Waals surface area contributed by atoms with Crippen molar-refractivity contribution < 1.29 is 14.2 Å². The first kappa shape index (κ1) is 17.6. The molecule has 142 valence electrons. The van der Waals surface area contributed by atoms with E-state index >= 15 is 0 Å². The Balaban J connectivity index is 1.79. The second-order valence-corrected chi connectivity index (χ2v) is 6.53. The number of methoxy groups -OCH3 is 3. The van der Waals surface area contributed by atoms with E-state index in [0.717, 1.165) is 48.5 Å². The van der Waals surface area contributed by atoms with Crippen LogP contribution in [0.4, 0.5) is 5.82 Å². The van der Waals surface area contributed by atoms with Gasteiger partial charge >= 0.3 is 0 Å². The minimum atomic E-state index is 0.641. The third-order valence-electron chi connectivity index (χ3n) is 4.90. The molecule has 1 aromatic carbocycles. The molecule has 0 radical (unpaired) electrons. The molecule has 0 unspecified atom stereocenters. The van der Waals surface area contributed by atoms with Gasteiger partial charge in [0.2, 0.25) is 0 Å². The summed E-state index contributed by atoms with van der Waals surface area (Å²) in [7, 11) is 4.97. The van der Waals surface area contributed by atoms with Crippen molar-refractivity contribution in [3.05, 3.63) is 35.5 Å².